The molecule has 0 atom stereocenters. The number of benzene rings is 1. The average molecular weight is 218 g/mol. The number of ketones is 1. The molecule has 0 aliphatic carbocycles. The van der Waals surface area contributed by atoms with Crippen molar-refractivity contribution in [1.29, 1.82) is 0 Å². The number of fused-ring (bicyclic) bond motifs is 1. The Morgan fingerprint density at radius 1 is 1.13 bits per heavy atom. The van der Waals surface area contributed by atoms with Crippen LogP contribution in [0.1, 0.15) is 33.3 Å². The maximum Gasteiger partial charge on any atom is 0.170 e. The lowest BCUT2D eigenvalue weighted by Gasteiger charge is -2.00. The molecule has 0 fully saturated rings. The first-order chi connectivity index (χ1) is 7.02. The van der Waals surface area contributed by atoms with Gasteiger partial charge in [0, 0.05) is 4.70 Å². The van der Waals surface area contributed by atoms with E-state index in [-0.39, 0.29) is 5.78 Å². The maximum absolute atomic E-state index is 11.5. The van der Waals surface area contributed by atoms with E-state index in [1.54, 1.807) is 18.3 Å². The van der Waals surface area contributed by atoms with E-state index in [4.69, 9.17) is 0 Å². The molecule has 2 heteroatoms. The zero-order valence-electron chi connectivity index (χ0n) is 9.47. The molecule has 0 saturated heterocycles. The molecule has 0 bridgehead atoms. The van der Waals surface area contributed by atoms with Crippen molar-refractivity contribution in [3.8, 4) is 0 Å². The first-order valence-corrected chi connectivity index (χ1v) is 5.84. The molecule has 0 unspecified atom stereocenters. The summed E-state index contributed by atoms with van der Waals surface area (Å²) < 4.78 is 1.26. The van der Waals surface area contributed by atoms with Crippen molar-refractivity contribution in [2.75, 3.05) is 0 Å². The number of Topliss-reactive ketones (excluding diaryl/α,β-unsaturated/α-hetero) is 1. The van der Waals surface area contributed by atoms with Crippen molar-refractivity contribution in [3.05, 3.63) is 33.7 Å². The fourth-order valence-corrected chi connectivity index (χ4v) is 3.26. The van der Waals surface area contributed by atoms with Crippen LogP contribution >= 0.6 is 11.3 Å². The van der Waals surface area contributed by atoms with Crippen LogP contribution in [-0.2, 0) is 0 Å². The molecule has 0 amide bonds. The molecule has 15 heavy (non-hydrogen) atoms. The molecule has 2 rings (SSSR count). The predicted molar refractivity (Wildman–Crippen MR) is 66.0 cm³/mol. The van der Waals surface area contributed by atoms with E-state index in [0.717, 1.165) is 10.4 Å². The van der Waals surface area contributed by atoms with Gasteiger partial charge in [0.25, 0.3) is 0 Å². The molecule has 0 N–H and O–H groups in total. The Kier molecular flexibility index (Phi) is 2.39. The topological polar surface area (TPSA) is 17.1 Å². The molecule has 2 aromatic rings. The van der Waals surface area contributed by atoms with Gasteiger partial charge in [0.1, 0.15) is 0 Å². The summed E-state index contributed by atoms with van der Waals surface area (Å²) in [4.78, 5) is 12.4. The van der Waals surface area contributed by atoms with Crippen molar-refractivity contribution in [1.82, 2.24) is 0 Å². The van der Waals surface area contributed by atoms with Gasteiger partial charge in [-0.1, -0.05) is 12.1 Å². The standard InChI is InChI=1S/C13H14OS/c1-7-5-6-8(2)12-11(7)9(3)13(15-12)10(4)14/h5-6H,1-4H3. The molecular formula is C13H14OS. The predicted octanol–water partition coefficient (Wildman–Crippen LogP) is 4.03. The van der Waals surface area contributed by atoms with Crippen molar-refractivity contribution in [2.24, 2.45) is 0 Å². The van der Waals surface area contributed by atoms with E-state index in [1.165, 1.54) is 21.2 Å². The number of hydrogen-bond donors (Lipinski definition) is 0. The molecule has 0 aliphatic heterocycles. The van der Waals surface area contributed by atoms with E-state index in [2.05, 4.69) is 26.0 Å². The second-order valence-corrected chi connectivity index (χ2v) is 5.04. The monoisotopic (exact) mass is 218 g/mol. The summed E-state index contributed by atoms with van der Waals surface area (Å²) in [5, 5.41) is 1.27. The lowest BCUT2D eigenvalue weighted by Crippen LogP contribution is -1.89. The third-order valence-corrected chi connectivity index (χ3v) is 4.33. The normalized spacial score (nSPS) is 10.9. The zero-order chi connectivity index (χ0) is 11.2. The largest absolute Gasteiger partial charge is 0.294 e. The summed E-state index contributed by atoms with van der Waals surface area (Å²) in [6.07, 6.45) is 0. The van der Waals surface area contributed by atoms with Crippen LogP contribution < -0.4 is 0 Å². The molecule has 0 spiro atoms. The zero-order valence-corrected chi connectivity index (χ0v) is 10.3. The molecule has 78 valence electrons. The third-order valence-electron chi connectivity index (χ3n) is 2.80. The molecule has 1 nitrogen and oxygen atoms in total. The number of carbonyl (C=O) groups excluding carboxylic acids is 1. The Labute approximate surface area is 93.7 Å². The van der Waals surface area contributed by atoms with Crippen molar-refractivity contribution < 1.29 is 4.79 Å². The van der Waals surface area contributed by atoms with Gasteiger partial charge in [0.15, 0.2) is 5.78 Å². The summed E-state index contributed by atoms with van der Waals surface area (Å²) in [7, 11) is 0. The molecular weight excluding hydrogens is 204 g/mol. The first-order valence-electron chi connectivity index (χ1n) is 5.02. The minimum absolute atomic E-state index is 0.174. The molecule has 0 aliphatic rings. The molecule has 0 saturated carbocycles. The van der Waals surface area contributed by atoms with Gasteiger partial charge in [-0.3, -0.25) is 4.79 Å². The smallest absolute Gasteiger partial charge is 0.170 e. The van der Waals surface area contributed by atoms with Crippen LogP contribution in [0, 0.1) is 20.8 Å². The van der Waals surface area contributed by atoms with Crippen LogP contribution in [0.2, 0.25) is 0 Å². The Bertz CT molecular complexity index is 549. The Hall–Kier alpha value is -1.15. The quantitative estimate of drug-likeness (QED) is 0.660. The van der Waals surface area contributed by atoms with E-state index >= 15 is 0 Å². The van der Waals surface area contributed by atoms with Crippen LogP contribution in [0.5, 0.6) is 0 Å². The average Bonchev–Trinajstić information content (AvgIpc) is 2.51. The number of rotatable bonds is 1. The summed E-state index contributed by atoms with van der Waals surface area (Å²) in [5.41, 5.74) is 3.66. The lowest BCUT2D eigenvalue weighted by atomic mass is 10.0. The van der Waals surface area contributed by atoms with Crippen molar-refractivity contribution in [3.63, 3.8) is 0 Å². The minimum Gasteiger partial charge on any atom is -0.294 e. The van der Waals surface area contributed by atoms with E-state index in [1.807, 2.05) is 6.92 Å². The number of hydrogen-bond acceptors (Lipinski definition) is 2. The van der Waals surface area contributed by atoms with Crippen LogP contribution in [0.25, 0.3) is 10.1 Å². The van der Waals surface area contributed by atoms with Gasteiger partial charge >= 0.3 is 0 Å². The summed E-state index contributed by atoms with van der Waals surface area (Å²) in [5.74, 6) is 0.174. The fraction of sp³-hybridized carbons (Fsp3) is 0.308. The van der Waals surface area contributed by atoms with E-state index < -0.39 is 0 Å². The third kappa shape index (κ3) is 1.49. The highest BCUT2D eigenvalue weighted by Crippen LogP contribution is 2.35. The molecule has 0 radical (unpaired) electrons. The molecule has 1 aromatic carbocycles. The van der Waals surface area contributed by atoms with Crippen LogP contribution in [0.4, 0.5) is 0 Å². The van der Waals surface area contributed by atoms with Crippen LogP contribution in [0.3, 0.4) is 0 Å². The second kappa shape index (κ2) is 3.46. The molecule has 1 aromatic heterocycles. The van der Waals surface area contributed by atoms with Crippen LogP contribution in [-0.4, -0.2) is 5.78 Å². The summed E-state index contributed by atoms with van der Waals surface area (Å²) in [6.45, 7) is 7.89. The van der Waals surface area contributed by atoms with Gasteiger partial charge < -0.3 is 0 Å². The SMILES string of the molecule is CC(=O)c1sc2c(C)ccc(C)c2c1C. The first kappa shape index (κ1) is 10.4. The van der Waals surface area contributed by atoms with Gasteiger partial charge in [-0.05, 0) is 49.8 Å². The maximum atomic E-state index is 11.5. The number of aryl methyl sites for hydroxylation is 3. The van der Waals surface area contributed by atoms with Crippen molar-refractivity contribution in [2.45, 2.75) is 27.7 Å². The number of carbonyl (C=O) groups is 1. The van der Waals surface area contributed by atoms with Crippen LogP contribution in [0.15, 0.2) is 12.1 Å². The van der Waals surface area contributed by atoms with Crippen molar-refractivity contribution >= 4 is 27.2 Å². The highest BCUT2D eigenvalue weighted by atomic mass is 32.1. The summed E-state index contributed by atoms with van der Waals surface area (Å²) >= 11 is 1.62. The highest BCUT2D eigenvalue weighted by molar-refractivity contribution is 7.21. The molecule has 1 heterocycles. The Balaban J connectivity index is 2.93. The number of thiophene rings is 1. The van der Waals surface area contributed by atoms with E-state index in [0.29, 0.717) is 0 Å². The second-order valence-electron chi connectivity index (χ2n) is 4.02. The van der Waals surface area contributed by atoms with E-state index in [9.17, 15) is 4.79 Å². The Morgan fingerprint density at radius 2 is 1.73 bits per heavy atom. The van der Waals surface area contributed by atoms with Gasteiger partial charge in [0.2, 0.25) is 0 Å². The Morgan fingerprint density at radius 3 is 2.27 bits per heavy atom. The minimum atomic E-state index is 0.174. The van der Waals surface area contributed by atoms with Gasteiger partial charge in [-0.25, -0.2) is 0 Å². The lowest BCUT2D eigenvalue weighted by molar-refractivity contribution is 0.102. The summed E-state index contributed by atoms with van der Waals surface area (Å²) in [6, 6.07) is 4.25. The van der Waals surface area contributed by atoms with Gasteiger partial charge in [0.05, 0.1) is 4.88 Å². The van der Waals surface area contributed by atoms with Gasteiger partial charge in [-0.15, -0.1) is 11.3 Å². The highest BCUT2D eigenvalue weighted by Gasteiger charge is 2.14. The fourth-order valence-electron chi connectivity index (χ4n) is 2.01. The van der Waals surface area contributed by atoms with Gasteiger partial charge in [-0.2, -0.15) is 0 Å².